The summed E-state index contributed by atoms with van der Waals surface area (Å²) in [5.74, 6) is -2.22. The number of hydrogen-bond donors (Lipinski definition) is 4. The Kier molecular flexibility index (Phi) is 9.08. The standard InChI is InChI=1S/C24H30N2O7S/c1-24(2,15-27)21(29)23(31)25-13-12-20(28)22(30)26-14-16-4-6-17(7-5-16)18-8-10-19(11-9-18)34(3,32)33/h4-11,21,27,29H,12-15H2,1-3H3,(H,25,31)(H,26,30)/t21-/m0/s1. The molecule has 0 heterocycles. The van der Waals surface area contributed by atoms with Gasteiger partial charge in [-0.2, -0.15) is 0 Å². The molecule has 0 radical (unpaired) electrons. The fourth-order valence-electron chi connectivity index (χ4n) is 2.94. The van der Waals surface area contributed by atoms with Crippen LogP contribution < -0.4 is 10.6 Å². The molecule has 2 amide bonds. The van der Waals surface area contributed by atoms with Gasteiger partial charge in [0.25, 0.3) is 5.91 Å². The molecule has 4 N–H and O–H groups in total. The number of ketones is 1. The fraction of sp³-hybridized carbons (Fsp3) is 0.375. The van der Waals surface area contributed by atoms with Gasteiger partial charge in [-0.25, -0.2) is 8.42 Å². The van der Waals surface area contributed by atoms with Crippen molar-refractivity contribution in [1.82, 2.24) is 10.6 Å². The number of hydrogen-bond acceptors (Lipinski definition) is 7. The minimum absolute atomic E-state index is 0.115. The van der Waals surface area contributed by atoms with Gasteiger partial charge in [0.2, 0.25) is 11.7 Å². The van der Waals surface area contributed by atoms with Crippen LogP contribution in [-0.2, 0) is 30.8 Å². The van der Waals surface area contributed by atoms with Crippen LogP contribution in [0.2, 0.25) is 0 Å². The van der Waals surface area contributed by atoms with Crippen LogP contribution in [0, 0.1) is 5.41 Å². The van der Waals surface area contributed by atoms with Crippen molar-refractivity contribution in [1.29, 1.82) is 0 Å². The van der Waals surface area contributed by atoms with Crippen LogP contribution in [0.15, 0.2) is 53.4 Å². The van der Waals surface area contributed by atoms with Gasteiger partial charge in [0.15, 0.2) is 9.84 Å². The largest absolute Gasteiger partial charge is 0.396 e. The number of amides is 2. The number of sulfone groups is 1. The molecule has 1 atom stereocenters. The second kappa shape index (κ2) is 11.4. The maximum absolute atomic E-state index is 12.0. The molecule has 0 aliphatic heterocycles. The van der Waals surface area contributed by atoms with Crippen molar-refractivity contribution in [2.75, 3.05) is 19.4 Å². The second-order valence-electron chi connectivity index (χ2n) is 8.69. The Balaban J connectivity index is 1.82. The number of benzene rings is 2. The first-order valence-corrected chi connectivity index (χ1v) is 12.5. The van der Waals surface area contributed by atoms with E-state index in [1.807, 2.05) is 12.1 Å². The number of rotatable bonds is 11. The highest BCUT2D eigenvalue weighted by molar-refractivity contribution is 7.90. The lowest BCUT2D eigenvalue weighted by molar-refractivity contribution is -0.139. The minimum Gasteiger partial charge on any atom is -0.396 e. The lowest BCUT2D eigenvalue weighted by Crippen LogP contribution is -2.46. The molecule has 2 rings (SSSR count). The van der Waals surface area contributed by atoms with Crippen LogP contribution in [0.3, 0.4) is 0 Å². The van der Waals surface area contributed by atoms with E-state index in [1.54, 1.807) is 36.4 Å². The van der Waals surface area contributed by atoms with Gasteiger partial charge in [-0.3, -0.25) is 14.4 Å². The number of Topliss-reactive ketones (excluding diaryl/α,β-unsaturated/α-hetero) is 1. The highest BCUT2D eigenvalue weighted by atomic mass is 32.2. The van der Waals surface area contributed by atoms with Crippen LogP contribution in [0.4, 0.5) is 0 Å². The molecular weight excluding hydrogens is 460 g/mol. The number of nitrogens with one attached hydrogen (secondary N) is 2. The Labute approximate surface area is 199 Å². The third-order valence-electron chi connectivity index (χ3n) is 5.32. The van der Waals surface area contributed by atoms with Gasteiger partial charge in [-0.05, 0) is 28.8 Å². The van der Waals surface area contributed by atoms with Gasteiger partial charge in [-0.15, -0.1) is 0 Å². The molecular formula is C24H30N2O7S. The van der Waals surface area contributed by atoms with Crippen molar-refractivity contribution in [3.8, 4) is 11.1 Å². The number of aliphatic hydroxyl groups excluding tert-OH is 2. The first kappa shape index (κ1) is 27.2. The summed E-state index contributed by atoms with van der Waals surface area (Å²) in [5.41, 5.74) is 1.45. The SMILES string of the molecule is CC(C)(CO)[C@@H](O)C(=O)NCCC(=O)C(=O)NCc1ccc(-c2ccc(S(C)(=O)=O)cc2)cc1. The van der Waals surface area contributed by atoms with E-state index >= 15 is 0 Å². The molecule has 0 bridgehead atoms. The maximum atomic E-state index is 12.0. The second-order valence-corrected chi connectivity index (χ2v) is 10.7. The first-order chi connectivity index (χ1) is 15.8. The van der Waals surface area contributed by atoms with Crippen LogP contribution in [0.5, 0.6) is 0 Å². The van der Waals surface area contributed by atoms with E-state index in [9.17, 15) is 33.0 Å². The third kappa shape index (κ3) is 7.47. The number of carbonyl (C=O) groups excluding carboxylic acids is 3. The highest BCUT2D eigenvalue weighted by Gasteiger charge is 2.32. The summed E-state index contributed by atoms with van der Waals surface area (Å²) in [4.78, 5) is 36.2. The van der Waals surface area contributed by atoms with Crippen LogP contribution in [0.25, 0.3) is 11.1 Å². The molecule has 2 aromatic rings. The van der Waals surface area contributed by atoms with E-state index in [0.29, 0.717) is 0 Å². The van der Waals surface area contributed by atoms with Gasteiger partial charge in [0.1, 0.15) is 6.10 Å². The Bertz CT molecular complexity index is 1120. The zero-order valence-corrected chi connectivity index (χ0v) is 20.2. The Morgan fingerprint density at radius 2 is 1.47 bits per heavy atom. The lowest BCUT2D eigenvalue weighted by Gasteiger charge is -2.27. The van der Waals surface area contributed by atoms with Crippen molar-refractivity contribution in [2.45, 2.75) is 37.8 Å². The molecule has 0 unspecified atom stereocenters. The molecule has 0 aliphatic carbocycles. The average molecular weight is 491 g/mol. The molecule has 184 valence electrons. The summed E-state index contributed by atoms with van der Waals surface area (Å²) in [6.07, 6.45) is -0.524. The molecule has 0 aliphatic rings. The summed E-state index contributed by atoms with van der Waals surface area (Å²) >= 11 is 0. The highest BCUT2D eigenvalue weighted by Crippen LogP contribution is 2.22. The van der Waals surface area contributed by atoms with Gasteiger partial charge in [-0.1, -0.05) is 50.2 Å². The molecule has 0 saturated heterocycles. The van der Waals surface area contributed by atoms with E-state index in [-0.39, 0.29) is 31.0 Å². The average Bonchev–Trinajstić information content (AvgIpc) is 2.81. The zero-order chi connectivity index (χ0) is 25.5. The van der Waals surface area contributed by atoms with Crippen molar-refractivity contribution in [2.24, 2.45) is 5.41 Å². The zero-order valence-electron chi connectivity index (χ0n) is 19.4. The van der Waals surface area contributed by atoms with Crippen LogP contribution in [0.1, 0.15) is 25.8 Å². The van der Waals surface area contributed by atoms with Gasteiger partial charge in [0.05, 0.1) is 11.5 Å². The normalized spacial score (nSPS) is 12.6. The van der Waals surface area contributed by atoms with E-state index < -0.39 is 39.0 Å². The van der Waals surface area contributed by atoms with E-state index in [4.69, 9.17) is 0 Å². The van der Waals surface area contributed by atoms with Crippen molar-refractivity contribution < 1.29 is 33.0 Å². The van der Waals surface area contributed by atoms with Gasteiger partial charge >= 0.3 is 0 Å². The van der Waals surface area contributed by atoms with Crippen molar-refractivity contribution in [3.63, 3.8) is 0 Å². The molecule has 0 fully saturated rings. The van der Waals surface area contributed by atoms with E-state index in [2.05, 4.69) is 10.6 Å². The monoisotopic (exact) mass is 490 g/mol. The Morgan fingerprint density at radius 1 is 0.941 bits per heavy atom. The Morgan fingerprint density at radius 3 is 1.97 bits per heavy atom. The quantitative estimate of drug-likeness (QED) is 0.341. The summed E-state index contributed by atoms with van der Waals surface area (Å²) in [6.45, 7) is 2.68. The molecule has 0 spiro atoms. The predicted molar refractivity (Wildman–Crippen MR) is 126 cm³/mol. The molecule has 0 aromatic heterocycles. The van der Waals surface area contributed by atoms with E-state index in [1.165, 1.54) is 13.8 Å². The summed E-state index contributed by atoms with van der Waals surface area (Å²) in [7, 11) is -3.26. The Hall–Kier alpha value is -3.08. The smallest absolute Gasteiger partial charge is 0.287 e. The molecule has 2 aromatic carbocycles. The molecule has 10 heteroatoms. The fourth-order valence-corrected chi connectivity index (χ4v) is 3.57. The third-order valence-corrected chi connectivity index (χ3v) is 6.45. The molecule has 9 nitrogen and oxygen atoms in total. The van der Waals surface area contributed by atoms with Crippen molar-refractivity contribution >= 4 is 27.4 Å². The topological polar surface area (TPSA) is 150 Å². The molecule has 34 heavy (non-hydrogen) atoms. The maximum Gasteiger partial charge on any atom is 0.287 e. The first-order valence-electron chi connectivity index (χ1n) is 10.6. The van der Waals surface area contributed by atoms with Gasteiger partial charge in [0, 0.05) is 31.2 Å². The summed E-state index contributed by atoms with van der Waals surface area (Å²) < 4.78 is 23.1. The van der Waals surface area contributed by atoms with Crippen molar-refractivity contribution in [3.05, 3.63) is 54.1 Å². The van der Waals surface area contributed by atoms with E-state index in [0.717, 1.165) is 22.9 Å². The van der Waals surface area contributed by atoms with Gasteiger partial charge < -0.3 is 20.8 Å². The van der Waals surface area contributed by atoms with Crippen LogP contribution in [-0.4, -0.2) is 61.7 Å². The predicted octanol–water partition coefficient (Wildman–Crippen LogP) is 0.828. The summed E-state index contributed by atoms with van der Waals surface area (Å²) in [6, 6.07) is 13.7. The number of carbonyl (C=O) groups is 3. The number of aliphatic hydroxyl groups is 2. The summed E-state index contributed by atoms with van der Waals surface area (Å²) in [5, 5.41) is 24.0. The minimum atomic E-state index is -3.26. The van der Waals surface area contributed by atoms with Crippen LogP contribution >= 0.6 is 0 Å². The molecule has 0 saturated carbocycles. The lowest BCUT2D eigenvalue weighted by atomic mass is 9.87.